The average Bonchev–Trinajstić information content (AvgIpc) is 3.04. The van der Waals surface area contributed by atoms with Gasteiger partial charge < -0.3 is 5.73 Å². The summed E-state index contributed by atoms with van der Waals surface area (Å²) < 4.78 is 0. The van der Waals surface area contributed by atoms with Crippen LogP contribution in [0.4, 0.5) is 5.13 Å². The molecule has 2 heterocycles. The van der Waals surface area contributed by atoms with Gasteiger partial charge in [-0.15, -0.1) is 21.5 Å². The normalized spacial score (nSPS) is 10.9. The van der Waals surface area contributed by atoms with Crippen molar-refractivity contribution in [3.63, 3.8) is 0 Å². The van der Waals surface area contributed by atoms with Crippen LogP contribution in [0, 0.1) is 6.92 Å². The van der Waals surface area contributed by atoms with E-state index in [1.165, 1.54) is 16.9 Å². The molecular formula is C14H14N4S2. The van der Waals surface area contributed by atoms with Crippen LogP contribution in [0.3, 0.4) is 0 Å². The molecule has 0 fully saturated rings. The molecule has 0 aliphatic rings. The lowest BCUT2D eigenvalue weighted by molar-refractivity contribution is 1.05. The maximum absolute atomic E-state index is 5.67. The molecule has 20 heavy (non-hydrogen) atoms. The maximum atomic E-state index is 5.67. The molecule has 0 aliphatic carbocycles. The Labute approximate surface area is 125 Å². The van der Waals surface area contributed by atoms with E-state index in [0.29, 0.717) is 5.13 Å². The fraction of sp³-hybridized carbons (Fsp3) is 0.214. The molecule has 0 saturated carbocycles. The van der Waals surface area contributed by atoms with Crippen molar-refractivity contribution in [2.24, 2.45) is 0 Å². The highest BCUT2D eigenvalue weighted by atomic mass is 32.1. The number of aryl methyl sites for hydroxylation is 2. The van der Waals surface area contributed by atoms with E-state index in [0.717, 1.165) is 32.6 Å². The van der Waals surface area contributed by atoms with E-state index in [2.05, 4.69) is 48.3 Å². The van der Waals surface area contributed by atoms with E-state index in [1.807, 2.05) is 0 Å². The summed E-state index contributed by atoms with van der Waals surface area (Å²) in [5.41, 5.74) is 9.11. The van der Waals surface area contributed by atoms with Crippen molar-refractivity contribution in [2.45, 2.75) is 20.3 Å². The molecule has 4 nitrogen and oxygen atoms in total. The molecule has 0 unspecified atom stereocenters. The molecule has 1 aromatic carbocycles. The van der Waals surface area contributed by atoms with E-state index in [1.54, 1.807) is 11.3 Å². The first-order valence-electron chi connectivity index (χ1n) is 6.33. The molecule has 3 rings (SSSR count). The van der Waals surface area contributed by atoms with Crippen molar-refractivity contribution < 1.29 is 0 Å². The summed E-state index contributed by atoms with van der Waals surface area (Å²) in [5.74, 6) is 0. The van der Waals surface area contributed by atoms with Gasteiger partial charge in [-0.3, -0.25) is 0 Å². The first-order valence-corrected chi connectivity index (χ1v) is 7.96. The van der Waals surface area contributed by atoms with Crippen molar-refractivity contribution in [3.05, 3.63) is 35.5 Å². The molecular weight excluding hydrogens is 288 g/mol. The molecule has 0 saturated heterocycles. The summed E-state index contributed by atoms with van der Waals surface area (Å²) in [6, 6.07) is 8.38. The Bertz CT molecular complexity index is 745. The van der Waals surface area contributed by atoms with Crippen molar-refractivity contribution >= 4 is 27.8 Å². The minimum atomic E-state index is 0.493. The van der Waals surface area contributed by atoms with Gasteiger partial charge in [-0.05, 0) is 19.4 Å². The van der Waals surface area contributed by atoms with Gasteiger partial charge in [-0.1, -0.05) is 42.0 Å². The molecule has 0 atom stereocenters. The monoisotopic (exact) mass is 302 g/mol. The summed E-state index contributed by atoms with van der Waals surface area (Å²) in [6.45, 7) is 4.19. The number of hydrogen-bond donors (Lipinski definition) is 1. The van der Waals surface area contributed by atoms with Crippen LogP contribution in [0.1, 0.15) is 18.2 Å². The zero-order chi connectivity index (χ0) is 14.1. The quantitative estimate of drug-likeness (QED) is 0.799. The van der Waals surface area contributed by atoms with Gasteiger partial charge in [-0.25, -0.2) is 4.98 Å². The maximum Gasteiger partial charge on any atom is 0.203 e. The van der Waals surface area contributed by atoms with Crippen LogP contribution in [0.15, 0.2) is 24.3 Å². The van der Waals surface area contributed by atoms with Gasteiger partial charge in [-0.2, -0.15) is 0 Å². The molecule has 0 amide bonds. The predicted octanol–water partition coefficient (Wildman–Crippen LogP) is 3.78. The lowest BCUT2D eigenvalue weighted by atomic mass is 10.1. The van der Waals surface area contributed by atoms with E-state index in [4.69, 9.17) is 10.7 Å². The van der Waals surface area contributed by atoms with Gasteiger partial charge in [0.1, 0.15) is 5.01 Å². The summed E-state index contributed by atoms with van der Waals surface area (Å²) in [6.07, 6.45) is 0.872. The highest BCUT2D eigenvalue weighted by molar-refractivity contribution is 7.24. The molecule has 0 aliphatic heterocycles. The lowest BCUT2D eigenvalue weighted by Crippen LogP contribution is -1.84. The number of nitrogen functional groups attached to an aromatic ring is 1. The van der Waals surface area contributed by atoms with Gasteiger partial charge >= 0.3 is 0 Å². The van der Waals surface area contributed by atoms with Crippen molar-refractivity contribution in [2.75, 3.05) is 5.73 Å². The Morgan fingerprint density at radius 1 is 1.15 bits per heavy atom. The minimum Gasteiger partial charge on any atom is -0.374 e. The smallest absolute Gasteiger partial charge is 0.203 e. The molecule has 102 valence electrons. The van der Waals surface area contributed by atoms with Crippen molar-refractivity contribution in [1.29, 1.82) is 0 Å². The first-order chi connectivity index (χ1) is 9.67. The number of anilines is 1. The first kappa shape index (κ1) is 13.2. The van der Waals surface area contributed by atoms with Gasteiger partial charge in [0.05, 0.1) is 10.6 Å². The molecule has 2 N–H and O–H groups in total. The number of nitrogens with zero attached hydrogens (tertiary/aromatic N) is 3. The van der Waals surface area contributed by atoms with E-state index in [-0.39, 0.29) is 0 Å². The van der Waals surface area contributed by atoms with Crippen LogP contribution in [0.25, 0.3) is 20.5 Å². The number of hydrogen-bond acceptors (Lipinski definition) is 6. The Morgan fingerprint density at radius 3 is 2.65 bits per heavy atom. The van der Waals surface area contributed by atoms with E-state index >= 15 is 0 Å². The SMILES string of the molecule is CCc1nc(-c2cccc(C)c2)sc1-c1nnc(N)s1. The van der Waals surface area contributed by atoms with Crippen LogP contribution in [-0.2, 0) is 6.42 Å². The van der Waals surface area contributed by atoms with E-state index in [9.17, 15) is 0 Å². The van der Waals surface area contributed by atoms with Crippen LogP contribution in [-0.4, -0.2) is 15.2 Å². The third-order valence-electron chi connectivity index (χ3n) is 2.93. The second-order valence-corrected chi connectivity index (χ2v) is 6.47. The Kier molecular flexibility index (Phi) is 3.50. The molecule has 3 aromatic rings. The highest BCUT2D eigenvalue weighted by Crippen LogP contribution is 2.37. The Balaban J connectivity index is 2.09. The van der Waals surface area contributed by atoms with Gasteiger partial charge in [0.15, 0.2) is 5.01 Å². The third kappa shape index (κ3) is 2.44. The standard InChI is InChI=1S/C14H14N4S2/c1-3-10-11(13-17-18-14(15)20-13)19-12(16-10)9-6-4-5-8(2)7-9/h4-7H,3H2,1-2H3,(H2,15,18). The van der Waals surface area contributed by atoms with Crippen LogP contribution >= 0.6 is 22.7 Å². The minimum absolute atomic E-state index is 0.493. The number of nitrogens with two attached hydrogens (primary N) is 1. The third-order valence-corrected chi connectivity index (χ3v) is 4.98. The summed E-state index contributed by atoms with van der Waals surface area (Å²) >= 11 is 3.06. The van der Waals surface area contributed by atoms with Crippen molar-refractivity contribution in [3.8, 4) is 20.5 Å². The number of rotatable bonds is 3. The molecule has 0 radical (unpaired) electrons. The van der Waals surface area contributed by atoms with Gasteiger partial charge in [0.2, 0.25) is 5.13 Å². The van der Waals surface area contributed by atoms with Gasteiger partial charge in [0, 0.05) is 5.56 Å². The van der Waals surface area contributed by atoms with Crippen molar-refractivity contribution in [1.82, 2.24) is 15.2 Å². The topological polar surface area (TPSA) is 64.7 Å². The van der Waals surface area contributed by atoms with E-state index < -0.39 is 0 Å². The Morgan fingerprint density at radius 2 is 2.00 bits per heavy atom. The fourth-order valence-corrected chi connectivity index (χ4v) is 3.84. The van der Waals surface area contributed by atoms with Crippen LogP contribution < -0.4 is 5.73 Å². The Hall–Kier alpha value is -1.79. The second kappa shape index (κ2) is 5.30. The average molecular weight is 302 g/mol. The zero-order valence-electron chi connectivity index (χ0n) is 11.3. The number of thiazole rings is 1. The number of benzene rings is 1. The predicted molar refractivity (Wildman–Crippen MR) is 85.0 cm³/mol. The largest absolute Gasteiger partial charge is 0.374 e. The summed E-state index contributed by atoms with van der Waals surface area (Å²) in [5, 5.41) is 10.4. The summed E-state index contributed by atoms with van der Waals surface area (Å²) in [7, 11) is 0. The van der Waals surface area contributed by atoms with Crippen LogP contribution in [0.2, 0.25) is 0 Å². The molecule has 0 spiro atoms. The zero-order valence-corrected chi connectivity index (χ0v) is 12.9. The van der Waals surface area contributed by atoms with Gasteiger partial charge in [0.25, 0.3) is 0 Å². The van der Waals surface area contributed by atoms with Crippen LogP contribution in [0.5, 0.6) is 0 Å². The fourth-order valence-electron chi connectivity index (χ4n) is 1.99. The summed E-state index contributed by atoms with van der Waals surface area (Å²) in [4.78, 5) is 5.82. The second-order valence-electron chi connectivity index (χ2n) is 4.46. The molecule has 2 aromatic heterocycles. The molecule has 6 heteroatoms. The molecule has 0 bridgehead atoms. The highest BCUT2D eigenvalue weighted by Gasteiger charge is 2.16. The lowest BCUT2D eigenvalue weighted by Gasteiger charge is -1.97. The number of aromatic nitrogens is 3.